The SMILES string of the molecule is Cc1nc2ccnn2c(C)c1CCCN. The van der Waals surface area contributed by atoms with Crippen molar-refractivity contribution in [3.8, 4) is 0 Å². The Morgan fingerprint density at radius 3 is 2.93 bits per heavy atom. The van der Waals surface area contributed by atoms with Gasteiger partial charge in [0.15, 0.2) is 5.65 Å². The number of nitrogens with zero attached hydrogens (tertiary/aromatic N) is 3. The van der Waals surface area contributed by atoms with Crippen LogP contribution in [0.25, 0.3) is 5.65 Å². The zero-order chi connectivity index (χ0) is 10.8. The summed E-state index contributed by atoms with van der Waals surface area (Å²) < 4.78 is 1.89. The Morgan fingerprint density at radius 2 is 2.20 bits per heavy atom. The summed E-state index contributed by atoms with van der Waals surface area (Å²) in [6.45, 7) is 4.85. The largest absolute Gasteiger partial charge is 0.330 e. The molecule has 0 spiro atoms. The molecular weight excluding hydrogens is 188 g/mol. The Hall–Kier alpha value is -1.42. The molecule has 0 aliphatic heterocycles. The number of aromatic nitrogens is 3. The number of fused-ring (bicyclic) bond motifs is 1. The first-order chi connectivity index (χ1) is 7.24. The predicted molar refractivity (Wildman–Crippen MR) is 59.8 cm³/mol. The van der Waals surface area contributed by atoms with Gasteiger partial charge in [-0.05, 0) is 38.8 Å². The zero-order valence-electron chi connectivity index (χ0n) is 9.20. The van der Waals surface area contributed by atoms with Crippen LogP contribution >= 0.6 is 0 Å². The molecule has 2 rings (SSSR count). The third-order valence-electron chi connectivity index (χ3n) is 2.73. The molecule has 0 bridgehead atoms. The number of hydrogen-bond acceptors (Lipinski definition) is 3. The summed E-state index contributed by atoms with van der Waals surface area (Å²) in [6.07, 6.45) is 3.76. The standard InChI is InChI=1S/C11H16N4/c1-8-10(4-3-6-12)9(2)15-11(14-8)5-7-13-15/h5,7H,3-4,6,12H2,1-2H3. The topological polar surface area (TPSA) is 56.2 Å². The minimum atomic E-state index is 0.718. The first kappa shape index (κ1) is 10.1. The van der Waals surface area contributed by atoms with Gasteiger partial charge in [0.2, 0.25) is 0 Å². The van der Waals surface area contributed by atoms with Crippen LogP contribution in [-0.2, 0) is 6.42 Å². The van der Waals surface area contributed by atoms with Crippen molar-refractivity contribution in [2.75, 3.05) is 6.54 Å². The molecule has 0 saturated heterocycles. The van der Waals surface area contributed by atoms with Crippen molar-refractivity contribution < 1.29 is 0 Å². The van der Waals surface area contributed by atoms with Crippen LogP contribution in [0.5, 0.6) is 0 Å². The van der Waals surface area contributed by atoms with E-state index in [1.54, 1.807) is 6.20 Å². The molecule has 0 saturated carbocycles. The van der Waals surface area contributed by atoms with Gasteiger partial charge in [-0.2, -0.15) is 5.10 Å². The molecule has 0 atom stereocenters. The highest BCUT2D eigenvalue weighted by atomic mass is 15.2. The molecule has 0 aliphatic carbocycles. The van der Waals surface area contributed by atoms with E-state index in [1.807, 2.05) is 17.5 Å². The summed E-state index contributed by atoms with van der Waals surface area (Å²) >= 11 is 0. The molecule has 2 N–H and O–H groups in total. The molecule has 15 heavy (non-hydrogen) atoms. The van der Waals surface area contributed by atoms with E-state index >= 15 is 0 Å². The summed E-state index contributed by atoms with van der Waals surface area (Å²) in [5.74, 6) is 0. The van der Waals surface area contributed by atoms with Gasteiger partial charge in [0.1, 0.15) is 0 Å². The highest BCUT2D eigenvalue weighted by molar-refractivity contribution is 5.42. The van der Waals surface area contributed by atoms with Gasteiger partial charge < -0.3 is 5.73 Å². The van der Waals surface area contributed by atoms with Gasteiger partial charge in [0, 0.05) is 17.5 Å². The van der Waals surface area contributed by atoms with E-state index in [9.17, 15) is 0 Å². The van der Waals surface area contributed by atoms with Crippen molar-refractivity contribution >= 4 is 5.65 Å². The van der Waals surface area contributed by atoms with Crippen molar-refractivity contribution in [2.24, 2.45) is 5.73 Å². The van der Waals surface area contributed by atoms with Crippen molar-refractivity contribution in [1.29, 1.82) is 0 Å². The molecule has 0 aliphatic rings. The highest BCUT2D eigenvalue weighted by Crippen LogP contribution is 2.15. The molecule has 0 unspecified atom stereocenters. The lowest BCUT2D eigenvalue weighted by Crippen LogP contribution is -2.08. The molecule has 0 aromatic carbocycles. The molecular formula is C11H16N4. The van der Waals surface area contributed by atoms with Crippen LogP contribution in [0.3, 0.4) is 0 Å². The average molecular weight is 204 g/mol. The van der Waals surface area contributed by atoms with Gasteiger partial charge in [-0.1, -0.05) is 0 Å². The molecule has 80 valence electrons. The fraction of sp³-hybridized carbons (Fsp3) is 0.455. The second-order valence-electron chi connectivity index (χ2n) is 3.75. The van der Waals surface area contributed by atoms with E-state index in [0.717, 1.165) is 30.7 Å². The summed E-state index contributed by atoms with van der Waals surface area (Å²) in [5.41, 5.74) is 9.99. The number of hydrogen-bond donors (Lipinski definition) is 1. The lowest BCUT2D eigenvalue weighted by atomic mass is 10.1. The van der Waals surface area contributed by atoms with Gasteiger partial charge in [0.25, 0.3) is 0 Å². The summed E-state index contributed by atoms with van der Waals surface area (Å²) in [5, 5.41) is 4.25. The maximum absolute atomic E-state index is 5.53. The van der Waals surface area contributed by atoms with Crippen molar-refractivity contribution in [3.05, 3.63) is 29.2 Å². The zero-order valence-corrected chi connectivity index (χ0v) is 9.20. The van der Waals surface area contributed by atoms with Gasteiger partial charge in [0.05, 0.1) is 6.20 Å². The van der Waals surface area contributed by atoms with Gasteiger partial charge in [-0.15, -0.1) is 0 Å². The molecule has 2 aromatic heterocycles. The fourth-order valence-electron chi connectivity index (χ4n) is 1.91. The Morgan fingerprint density at radius 1 is 1.40 bits per heavy atom. The van der Waals surface area contributed by atoms with Crippen LogP contribution in [0.15, 0.2) is 12.3 Å². The first-order valence-corrected chi connectivity index (χ1v) is 5.24. The van der Waals surface area contributed by atoms with Crippen LogP contribution < -0.4 is 5.73 Å². The second kappa shape index (κ2) is 3.98. The molecule has 0 fully saturated rings. The third kappa shape index (κ3) is 1.72. The number of rotatable bonds is 3. The smallest absolute Gasteiger partial charge is 0.155 e. The van der Waals surface area contributed by atoms with Crippen LogP contribution in [0, 0.1) is 13.8 Å². The van der Waals surface area contributed by atoms with E-state index < -0.39 is 0 Å². The van der Waals surface area contributed by atoms with Crippen LogP contribution in [0.4, 0.5) is 0 Å². The Balaban J connectivity index is 2.52. The minimum Gasteiger partial charge on any atom is -0.330 e. The van der Waals surface area contributed by atoms with Gasteiger partial charge >= 0.3 is 0 Å². The quantitative estimate of drug-likeness (QED) is 0.818. The summed E-state index contributed by atoms with van der Waals surface area (Å²) in [6, 6.07) is 1.92. The van der Waals surface area contributed by atoms with Crippen molar-refractivity contribution in [3.63, 3.8) is 0 Å². The van der Waals surface area contributed by atoms with E-state index in [-0.39, 0.29) is 0 Å². The van der Waals surface area contributed by atoms with E-state index in [1.165, 1.54) is 11.3 Å². The maximum Gasteiger partial charge on any atom is 0.155 e. The minimum absolute atomic E-state index is 0.718. The molecule has 2 heterocycles. The van der Waals surface area contributed by atoms with Gasteiger partial charge in [-0.25, -0.2) is 9.50 Å². The Bertz CT molecular complexity index is 473. The molecule has 2 aromatic rings. The van der Waals surface area contributed by atoms with Gasteiger partial charge in [-0.3, -0.25) is 0 Å². The first-order valence-electron chi connectivity index (χ1n) is 5.24. The van der Waals surface area contributed by atoms with Crippen LogP contribution in [0.2, 0.25) is 0 Å². The number of aryl methyl sites for hydroxylation is 2. The normalized spacial score (nSPS) is 11.1. The Kier molecular flexibility index (Phi) is 2.68. The molecule has 0 amide bonds. The van der Waals surface area contributed by atoms with E-state index in [0.29, 0.717) is 0 Å². The van der Waals surface area contributed by atoms with E-state index in [4.69, 9.17) is 5.73 Å². The summed E-state index contributed by atoms with van der Waals surface area (Å²) in [4.78, 5) is 4.51. The Labute approximate surface area is 89.1 Å². The predicted octanol–water partition coefficient (Wildman–Crippen LogP) is 1.24. The van der Waals surface area contributed by atoms with E-state index in [2.05, 4.69) is 17.0 Å². The lowest BCUT2D eigenvalue weighted by Gasteiger charge is -2.10. The molecule has 0 radical (unpaired) electrons. The van der Waals surface area contributed by atoms with Crippen molar-refractivity contribution in [1.82, 2.24) is 14.6 Å². The molecule has 4 heteroatoms. The highest BCUT2D eigenvalue weighted by Gasteiger charge is 2.08. The second-order valence-corrected chi connectivity index (χ2v) is 3.75. The van der Waals surface area contributed by atoms with Crippen LogP contribution in [-0.4, -0.2) is 21.1 Å². The molecule has 4 nitrogen and oxygen atoms in total. The van der Waals surface area contributed by atoms with Crippen molar-refractivity contribution in [2.45, 2.75) is 26.7 Å². The number of nitrogens with two attached hydrogens (primary N) is 1. The lowest BCUT2D eigenvalue weighted by molar-refractivity contribution is 0.783. The summed E-state index contributed by atoms with van der Waals surface area (Å²) in [7, 11) is 0. The maximum atomic E-state index is 5.53. The monoisotopic (exact) mass is 204 g/mol. The average Bonchev–Trinajstić information content (AvgIpc) is 2.65. The fourth-order valence-corrected chi connectivity index (χ4v) is 1.91. The third-order valence-corrected chi connectivity index (χ3v) is 2.73. The van der Waals surface area contributed by atoms with Crippen LogP contribution in [0.1, 0.15) is 23.4 Å².